The highest BCUT2D eigenvalue weighted by atomic mass is 35.5. The molecule has 1 N–H and O–H groups in total. The van der Waals surface area contributed by atoms with Crippen molar-refractivity contribution in [1.29, 1.82) is 0 Å². The van der Waals surface area contributed by atoms with Crippen LogP contribution in [0.3, 0.4) is 0 Å². The first-order chi connectivity index (χ1) is 11.2. The molecule has 4 rings (SSSR count). The van der Waals surface area contributed by atoms with Crippen LogP contribution in [0.5, 0.6) is 0 Å². The summed E-state index contributed by atoms with van der Waals surface area (Å²) in [5, 5.41) is 3.49. The second kappa shape index (κ2) is 5.68. The number of benzene rings is 2. The van der Waals surface area contributed by atoms with Crippen LogP contribution in [-0.4, -0.2) is 22.1 Å². The summed E-state index contributed by atoms with van der Waals surface area (Å²) < 4.78 is 7.58. The van der Waals surface area contributed by atoms with Gasteiger partial charge in [0.2, 0.25) is 0 Å². The van der Waals surface area contributed by atoms with Gasteiger partial charge in [-0.05, 0) is 42.5 Å². The molecule has 2 heterocycles. The molecule has 0 radical (unpaired) electrons. The van der Waals surface area contributed by atoms with Crippen molar-refractivity contribution in [3.8, 4) is 0 Å². The molecule has 0 aliphatic carbocycles. The van der Waals surface area contributed by atoms with Gasteiger partial charge in [0.05, 0.1) is 17.6 Å². The van der Waals surface area contributed by atoms with Crippen LogP contribution >= 0.6 is 11.6 Å². The second-order valence-electron chi connectivity index (χ2n) is 5.40. The molecular weight excluding hydrogens is 314 g/mol. The summed E-state index contributed by atoms with van der Waals surface area (Å²) in [5.74, 6) is 0.751. The van der Waals surface area contributed by atoms with Gasteiger partial charge in [-0.3, -0.25) is 4.79 Å². The Morgan fingerprint density at radius 1 is 1.22 bits per heavy atom. The molecular formula is C17H14ClN3O2. The molecule has 0 unspecified atom stereocenters. The van der Waals surface area contributed by atoms with E-state index in [4.69, 9.17) is 16.3 Å². The molecule has 0 atom stereocenters. The van der Waals surface area contributed by atoms with Gasteiger partial charge < -0.3 is 14.6 Å². The van der Waals surface area contributed by atoms with E-state index in [2.05, 4.69) is 14.9 Å². The van der Waals surface area contributed by atoms with E-state index in [1.165, 1.54) is 0 Å². The number of nitrogens with zero attached hydrogens (tertiary/aromatic N) is 2. The predicted molar refractivity (Wildman–Crippen MR) is 88.8 cm³/mol. The van der Waals surface area contributed by atoms with Crippen LogP contribution in [0.25, 0.3) is 11.0 Å². The van der Waals surface area contributed by atoms with E-state index in [9.17, 15) is 4.79 Å². The first-order valence-corrected chi connectivity index (χ1v) is 7.72. The molecule has 0 saturated carbocycles. The van der Waals surface area contributed by atoms with Gasteiger partial charge in [0.15, 0.2) is 0 Å². The van der Waals surface area contributed by atoms with Crippen molar-refractivity contribution in [1.82, 2.24) is 9.55 Å². The van der Waals surface area contributed by atoms with Crippen LogP contribution in [0, 0.1) is 0 Å². The van der Waals surface area contributed by atoms with E-state index in [0.717, 1.165) is 23.4 Å². The maximum absolute atomic E-state index is 12.3. The average molecular weight is 328 g/mol. The normalized spacial score (nSPS) is 13.8. The highest BCUT2D eigenvalue weighted by molar-refractivity contribution is 6.30. The van der Waals surface area contributed by atoms with E-state index in [0.29, 0.717) is 29.5 Å². The Bertz CT molecular complexity index is 887. The van der Waals surface area contributed by atoms with Crippen molar-refractivity contribution in [3.05, 3.63) is 58.9 Å². The highest BCUT2D eigenvalue weighted by Crippen LogP contribution is 2.23. The summed E-state index contributed by atoms with van der Waals surface area (Å²) in [5.41, 5.74) is 3.20. The Labute approximate surface area is 137 Å². The van der Waals surface area contributed by atoms with Gasteiger partial charge in [0, 0.05) is 22.8 Å². The molecule has 0 saturated heterocycles. The Morgan fingerprint density at radius 2 is 2.04 bits per heavy atom. The topological polar surface area (TPSA) is 56.2 Å². The second-order valence-corrected chi connectivity index (χ2v) is 5.83. The summed E-state index contributed by atoms with van der Waals surface area (Å²) in [7, 11) is 0. The summed E-state index contributed by atoms with van der Waals surface area (Å²) in [6.07, 6.45) is 0. The Kier molecular flexibility index (Phi) is 3.52. The largest absolute Gasteiger partial charge is 0.372 e. The van der Waals surface area contributed by atoms with E-state index in [1.807, 2.05) is 18.2 Å². The van der Waals surface area contributed by atoms with Crippen molar-refractivity contribution in [2.24, 2.45) is 0 Å². The number of imidazole rings is 1. The fourth-order valence-corrected chi connectivity index (χ4v) is 2.87. The third-order valence-corrected chi connectivity index (χ3v) is 4.13. The maximum Gasteiger partial charge on any atom is 0.255 e. The summed E-state index contributed by atoms with van der Waals surface area (Å²) >= 11 is 5.84. The number of carbonyl (C=O) groups excluding carboxylic acids is 1. The van der Waals surface area contributed by atoms with Gasteiger partial charge in [-0.25, -0.2) is 4.98 Å². The maximum atomic E-state index is 12.3. The minimum Gasteiger partial charge on any atom is -0.372 e. The number of rotatable bonds is 2. The van der Waals surface area contributed by atoms with Crippen molar-refractivity contribution >= 4 is 34.2 Å². The molecule has 0 spiro atoms. The third-order valence-electron chi connectivity index (χ3n) is 3.88. The van der Waals surface area contributed by atoms with Gasteiger partial charge in [-0.1, -0.05) is 11.6 Å². The molecule has 3 aromatic rings. The molecule has 5 nitrogen and oxygen atoms in total. The summed E-state index contributed by atoms with van der Waals surface area (Å²) in [4.78, 5) is 16.8. The first-order valence-electron chi connectivity index (χ1n) is 7.34. The zero-order valence-electron chi connectivity index (χ0n) is 12.3. The Morgan fingerprint density at radius 3 is 2.87 bits per heavy atom. The lowest BCUT2D eigenvalue weighted by Crippen LogP contribution is -2.16. The SMILES string of the molecule is O=C(Nc1ccc2c(c1)nc1n2CCOC1)c1ccc(Cl)cc1. The Balaban J connectivity index is 1.62. The van der Waals surface area contributed by atoms with Crippen LogP contribution < -0.4 is 5.32 Å². The van der Waals surface area contributed by atoms with Gasteiger partial charge in [-0.2, -0.15) is 0 Å². The predicted octanol–water partition coefficient (Wildman–Crippen LogP) is 3.47. The number of ether oxygens (including phenoxy) is 1. The molecule has 1 amide bonds. The molecule has 1 aliphatic rings. The Hall–Kier alpha value is -2.37. The molecule has 6 heteroatoms. The van der Waals surface area contributed by atoms with Crippen LogP contribution in [0.15, 0.2) is 42.5 Å². The molecule has 1 aromatic heterocycles. The van der Waals surface area contributed by atoms with Crippen molar-refractivity contribution < 1.29 is 9.53 Å². The van der Waals surface area contributed by atoms with E-state index < -0.39 is 0 Å². The minimum absolute atomic E-state index is 0.173. The van der Waals surface area contributed by atoms with Crippen LogP contribution in [0.2, 0.25) is 5.02 Å². The van der Waals surface area contributed by atoms with Gasteiger partial charge >= 0.3 is 0 Å². The number of amides is 1. The molecule has 23 heavy (non-hydrogen) atoms. The standard InChI is InChI=1S/C17H14ClN3O2/c18-12-3-1-11(2-4-12)17(22)19-13-5-6-15-14(9-13)20-16-10-23-8-7-21(15)16/h1-6,9H,7-8,10H2,(H,19,22). The molecule has 0 bridgehead atoms. The average Bonchev–Trinajstić information content (AvgIpc) is 2.93. The third kappa shape index (κ3) is 2.69. The van der Waals surface area contributed by atoms with Gasteiger partial charge in [-0.15, -0.1) is 0 Å². The number of nitrogens with one attached hydrogen (secondary N) is 1. The van der Waals surface area contributed by atoms with Crippen molar-refractivity contribution in [2.45, 2.75) is 13.2 Å². The number of hydrogen-bond donors (Lipinski definition) is 1. The zero-order chi connectivity index (χ0) is 15.8. The highest BCUT2D eigenvalue weighted by Gasteiger charge is 2.15. The fraction of sp³-hybridized carbons (Fsp3) is 0.176. The minimum atomic E-state index is -0.173. The fourth-order valence-electron chi connectivity index (χ4n) is 2.74. The number of hydrogen-bond acceptors (Lipinski definition) is 3. The number of aromatic nitrogens is 2. The smallest absolute Gasteiger partial charge is 0.255 e. The number of carbonyl (C=O) groups is 1. The number of halogens is 1. The summed E-state index contributed by atoms with van der Waals surface area (Å²) in [6, 6.07) is 12.5. The van der Waals surface area contributed by atoms with E-state index in [1.54, 1.807) is 24.3 Å². The van der Waals surface area contributed by atoms with Gasteiger partial charge in [0.1, 0.15) is 12.4 Å². The first kappa shape index (κ1) is 14.2. The quantitative estimate of drug-likeness (QED) is 0.784. The van der Waals surface area contributed by atoms with E-state index >= 15 is 0 Å². The van der Waals surface area contributed by atoms with Crippen LogP contribution in [0.4, 0.5) is 5.69 Å². The van der Waals surface area contributed by atoms with Gasteiger partial charge in [0.25, 0.3) is 5.91 Å². The lowest BCUT2D eigenvalue weighted by molar-refractivity contribution is 0.0830. The zero-order valence-corrected chi connectivity index (χ0v) is 13.0. The molecule has 0 fully saturated rings. The lowest BCUT2D eigenvalue weighted by atomic mass is 10.2. The van der Waals surface area contributed by atoms with Crippen LogP contribution in [-0.2, 0) is 17.9 Å². The van der Waals surface area contributed by atoms with Crippen molar-refractivity contribution in [3.63, 3.8) is 0 Å². The molecule has 116 valence electrons. The number of anilines is 1. The van der Waals surface area contributed by atoms with Crippen LogP contribution in [0.1, 0.15) is 16.2 Å². The molecule has 1 aliphatic heterocycles. The monoisotopic (exact) mass is 327 g/mol. The summed E-state index contributed by atoms with van der Waals surface area (Å²) in [6.45, 7) is 2.04. The lowest BCUT2D eigenvalue weighted by Gasteiger charge is -2.14. The van der Waals surface area contributed by atoms with E-state index in [-0.39, 0.29) is 5.91 Å². The van der Waals surface area contributed by atoms with Crippen molar-refractivity contribution in [2.75, 3.05) is 11.9 Å². The molecule has 2 aromatic carbocycles. The number of fused-ring (bicyclic) bond motifs is 3.